The van der Waals surface area contributed by atoms with Gasteiger partial charge in [0.1, 0.15) is 5.75 Å². The van der Waals surface area contributed by atoms with Crippen LogP contribution in [0.4, 0.5) is 0 Å². The number of halogens is 1. The van der Waals surface area contributed by atoms with Crippen molar-refractivity contribution in [3.05, 3.63) is 29.8 Å². The van der Waals surface area contributed by atoms with Crippen LogP contribution >= 0.6 is 12.4 Å². The van der Waals surface area contributed by atoms with Crippen molar-refractivity contribution < 1.29 is 14.3 Å². The summed E-state index contributed by atoms with van der Waals surface area (Å²) < 4.78 is 5.26. The molecule has 2 N–H and O–H groups in total. The maximum Gasteiger partial charge on any atom is 0.226 e. The quantitative estimate of drug-likeness (QED) is 0.674. The number of methoxy groups -OCH3 is 1. The second kappa shape index (κ2) is 11.4. The largest absolute Gasteiger partial charge is 0.497 e. The first kappa shape index (κ1) is 23.5. The maximum atomic E-state index is 13.0. The third-order valence-electron chi connectivity index (χ3n) is 5.94. The van der Waals surface area contributed by atoms with E-state index in [-0.39, 0.29) is 42.6 Å². The highest BCUT2D eigenvalue weighted by Gasteiger charge is 2.44. The third kappa shape index (κ3) is 5.86. The normalized spacial score (nSPS) is 24.1. The molecule has 2 fully saturated rings. The van der Waals surface area contributed by atoms with E-state index in [0.717, 1.165) is 50.1 Å². The molecule has 2 aliphatic heterocycles. The zero-order valence-electron chi connectivity index (χ0n) is 17.5. The molecule has 3 atom stereocenters. The molecule has 7 heteroatoms. The van der Waals surface area contributed by atoms with Gasteiger partial charge in [-0.15, -0.1) is 12.4 Å². The Kier molecular flexibility index (Phi) is 9.24. The van der Waals surface area contributed by atoms with Gasteiger partial charge in [-0.2, -0.15) is 0 Å². The standard InChI is InChI=1S/C22H33N3O3.ClH/c1-3-4-12-25-20(26)13-19(21(25)17-7-9-18(28-2)10-8-17)22(27)24-15-16-6-5-11-23-14-16;/h7-10,16,19,21,23H,3-6,11-15H2,1-2H3,(H,24,27);1H. The summed E-state index contributed by atoms with van der Waals surface area (Å²) in [6.07, 6.45) is 4.55. The number of nitrogens with one attached hydrogen (secondary N) is 2. The van der Waals surface area contributed by atoms with Gasteiger partial charge in [0.25, 0.3) is 0 Å². The van der Waals surface area contributed by atoms with Crippen molar-refractivity contribution >= 4 is 24.2 Å². The van der Waals surface area contributed by atoms with E-state index < -0.39 is 0 Å². The van der Waals surface area contributed by atoms with Gasteiger partial charge in [-0.3, -0.25) is 9.59 Å². The lowest BCUT2D eigenvalue weighted by Crippen LogP contribution is -2.41. The Hall–Kier alpha value is -1.79. The van der Waals surface area contributed by atoms with Crippen molar-refractivity contribution in [2.75, 3.05) is 33.3 Å². The van der Waals surface area contributed by atoms with Gasteiger partial charge in [-0.25, -0.2) is 0 Å². The number of amides is 2. The van der Waals surface area contributed by atoms with Crippen LogP contribution in [0, 0.1) is 11.8 Å². The second-order valence-electron chi connectivity index (χ2n) is 7.93. The summed E-state index contributed by atoms with van der Waals surface area (Å²) in [5, 5.41) is 6.52. The molecule has 2 saturated heterocycles. The SMILES string of the molecule is CCCCN1C(=O)CC(C(=O)NCC2CCCNC2)C1c1ccc(OC)cc1.Cl. The summed E-state index contributed by atoms with van der Waals surface area (Å²) in [7, 11) is 1.64. The predicted molar refractivity (Wildman–Crippen MR) is 116 cm³/mol. The van der Waals surface area contributed by atoms with Gasteiger partial charge in [0, 0.05) is 19.5 Å². The fourth-order valence-electron chi connectivity index (χ4n) is 4.31. The van der Waals surface area contributed by atoms with Gasteiger partial charge in [0.15, 0.2) is 0 Å². The van der Waals surface area contributed by atoms with E-state index in [1.54, 1.807) is 7.11 Å². The monoisotopic (exact) mass is 423 g/mol. The average Bonchev–Trinajstić information content (AvgIpc) is 3.07. The Morgan fingerprint density at radius 1 is 1.31 bits per heavy atom. The molecule has 162 valence electrons. The smallest absolute Gasteiger partial charge is 0.226 e. The molecule has 2 amide bonds. The highest BCUT2D eigenvalue weighted by molar-refractivity contribution is 5.90. The highest BCUT2D eigenvalue weighted by atomic mass is 35.5. The summed E-state index contributed by atoms with van der Waals surface area (Å²) in [5.74, 6) is 0.992. The van der Waals surface area contributed by atoms with E-state index in [9.17, 15) is 9.59 Å². The molecular weight excluding hydrogens is 390 g/mol. The Labute approximate surface area is 180 Å². The summed E-state index contributed by atoms with van der Waals surface area (Å²) in [5.41, 5.74) is 1.00. The number of carbonyl (C=O) groups is 2. The van der Waals surface area contributed by atoms with Crippen LogP contribution in [0.5, 0.6) is 5.75 Å². The van der Waals surface area contributed by atoms with Gasteiger partial charge in [0.05, 0.1) is 19.1 Å². The predicted octanol–water partition coefficient (Wildman–Crippen LogP) is 2.92. The number of nitrogens with zero attached hydrogens (tertiary/aromatic N) is 1. The van der Waals surface area contributed by atoms with Crippen LogP contribution in [0.1, 0.15) is 50.6 Å². The van der Waals surface area contributed by atoms with Crippen molar-refractivity contribution in [3.63, 3.8) is 0 Å². The van der Waals surface area contributed by atoms with Crippen LogP contribution in [0.3, 0.4) is 0 Å². The van der Waals surface area contributed by atoms with E-state index in [2.05, 4.69) is 17.6 Å². The highest BCUT2D eigenvalue weighted by Crippen LogP contribution is 2.39. The first-order valence-electron chi connectivity index (χ1n) is 10.6. The number of hydrogen-bond donors (Lipinski definition) is 2. The molecule has 0 radical (unpaired) electrons. The van der Waals surface area contributed by atoms with E-state index >= 15 is 0 Å². The minimum atomic E-state index is -0.339. The second-order valence-corrected chi connectivity index (χ2v) is 7.93. The van der Waals surface area contributed by atoms with Gasteiger partial charge in [0.2, 0.25) is 11.8 Å². The average molecular weight is 424 g/mol. The first-order valence-corrected chi connectivity index (χ1v) is 10.6. The number of benzene rings is 1. The van der Waals surface area contributed by atoms with E-state index in [0.29, 0.717) is 19.0 Å². The van der Waals surface area contributed by atoms with Crippen LogP contribution in [0.2, 0.25) is 0 Å². The lowest BCUT2D eigenvalue weighted by Gasteiger charge is -2.29. The van der Waals surface area contributed by atoms with Crippen molar-refractivity contribution in [1.29, 1.82) is 0 Å². The van der Waals surface area contributed by atoms with Crippen molar-refractivity contribution in [3.8, 4) is 5.75 Å². The molecule has 0 spiro atoms. The number of piperidine rings is 1. The number of rotatable bonds is 8. The molecule has 2 aliphatic rings. The van der Waals surface area contributed by atoms with E-state index in [1.165, 1.54) is 0 Å². The number of ether oxygens (including phenoxy) is 1. The fourth-order valence-corrected chi connectivity index (χ4v) is 4.31. The van der Waals surface area contributed by atoms with Gasteiger partial charge in [-0.05, 0) is 56.0 Å². The minimum Gasteiger partial charge on any atom is -0.497 e. The zero-order valence-corrected chi connectivity index (χ0v) is 18.3. The molecule has 3 rings (SSSR count). The molecule has 0 aliphatic carbocycles. The minimum absolute atomic E-state index is 0. The molecular formula is C22H34ClN3O3. The number of unbranched alkanes of at least 4 members (excludes halogenated alkanes) is 1. The van der Waals surface area contributed by atoms with Gasteiger partial charge in [-0.1, -0.05) is 25.5 Å². The summed E-state index contributed by atoms with van der Waals surface area (Å²) in [6.45, 7) is 5.51. The maximum absolute atomic E-state index is 13.0. The number of likely N-dealkylation sites (tertiary alicyclic amines) is 1. The summed E-state index contributed by atoms with van der Waals surface area (Å²) in [4.78, 5) is 27.6. The van der Waals surface area contributed by atoms with Crippen molar-refractivity contribution in [2.24, 2.45) is 11.8 Å². The number of hydrogen-bond acceptors (Lipinski definition) is 4. The number of carbonyl (C=O) groups excluding carboxylic acids is 2. The molecule has 3 unspecified atom stereocenters. The van der Waals surface area contributed by atoms with Crippen LogP contribution in [0.15, 0.2) is 24.3 Å². The first-order chi connectivity index (χ1) is 13.6. The Bertz CT molecular complexity index is 662. The molecule has 1 aromatic carbocycles. The Balaban J connectivity index is 0.00000300. The van der Waals surface area contributed by atoms with Crippen LogP contribution < -0.4 is 15.4 Å². The van der Waals surface area contributed by atoms with Crippen LogP contribution in [-0.2, 0) is 9.59 Å². The van der Waals surface area contributed by atoms with Crippen LogP contribution in [0.25, 0.3) is 0 Å². The molecule has 2 heterocycles. The Morgan fingerprint density at radius 3 is 2.69 bits per heavy atom. The zero-order chi connectivity index (χ0) is 19.9. The lowest BCUT2D eigenvalue weighted by atomic mass is 9.92. The topological polar surface area (TPSA) is 70.7 Å². The molecule has 0 aromatic heterocycles. The third-order valence-corrected chi connectivity index (χ3v) is 5.94. The molecule has 0 bridgehead atoms. The summed E-state index contributed by atoms with van der Waals surface area (Å²) >= 11 is 0. The molecule has 1 aromatic rings. The summed E-state index contributed by atoms with van der Waals surface area (Å²) in [6, 6.07) is 7.56. The van der Waals surface area contributed by atoms with Crippen molar-refractivity contribution in [1.82, 2.24) is 15.5 Å². The van der Waals surface area contributed by atoms with E-state index in [1.807, 2.05) is 29.2 Å². The van der Waals surface area contributed by atoms with E-state index in [4.69, 9.17) is 4.74 Å². The Morgan fingerprint density at radius 2 is 2.07 bits per heavy atom. The molecule has 0 saturated carbocycles. The molecule has 6 nitrogen and oxygen atoms in total. The molecule has 29 heavy (non-hydrogen) atoms. The lowest BCUT2D eigenvalue weighted by molar-refractivity contribution is -0.129. The van der Waals surface area contributed by atoms with Gasteiger partial charge >= 0.3 is 0 Å². The fraction of sp³-hybridized carbons (Fsp3) is 0.636. The van der Waals surface area contributed by atoms with Gasteiger partial charge < -0.3 is 20.3 Å². The van der Waals surface area contributed by atoms with Crippen LogP contribution in [-0.4, -0.2) is 50.0 Å². The van der Waals surface area contributed by atoms with Crippen molar-refractivity contribution in [2.45, 2.75) is 45.1 Å².